The first-order valence-electron chi connectivity index (χ1n) is 6.17. The minimum atomic E-state index is -0.0471. The van der Waals surface area contributed by atoms with Crippen LogP contribution in [0.5, 0.6) is 0 Å². The van der Waals surface area contributed by atoms with Crippen LogP contribution in [-0.2, 0) is 0 Å². The Labute approximate surface area is 102 Å². The van der Waals surface area contributed by atoms with E-state index in [4.69, 9.17) is 5.73 Å². The van der Waals surface area contributed by atoms with E-state index < -0.39 is 0 Å². The average molecular weight is 233 g/mol. The molecule has 17 heavy (non-hydrogen) atoms. The van der Waals surface area contributed by atoms with Gasteiger partial charge in [0, 0.05) is 17.8 Å². The fourth-order valence-corrected chi connectivity index (χ4v) is 2.38. The number of anilines is 1. The molecule has 92 valence electrons. The Hall–Kier alpha value is -1.58. The molecule has 0 saturated heterocycles. The monoisotopic (exact) mass is 233 g/mol. The van der Waals surface area contributed by atoms with Crippen molar-refractivity contribution in [1.82, 2.24) is 10.3 Å². The van der Waals surface area contributed by atoms with E-state index in [1.54, 1.807) is 12.1 Å². The molecular formula is C13H19N3O. The summed E-state index contributed by atoms with van der Waals surface area (Å²) >= 11 is 0. The molecule has 2 rings (SSSR count). The number of hydrogen-bond donors (Lipinski definition) is 2. The third kappa shape index (κ3) is 3.19. The molecule has 0 spiro atoms. The standard InChI is InChI=1S/C13H19N3O/c1-9-6-11(7-12(14)16-9)13(17)15-8-10-4-2-3-5-10/h6-7,10H,2-5,8H2,1H3,(H2,14,16)(H,15,17). The largest absolute Gasteiger partial charge is 0.384 e. The summed E-state index contributed by atoms with van der Waals surface area (Å²) in [6.45, 7) is 2.62. The molecule has 4 nitrogen and oxygen atoms in total. The number of rotatable bonds is 3. The SMILES string of the molecule is Cc1cc(C(=O)NCC2CCCC2)cc(N)n1. The van der Waals surface area contributed by atoms with Gasteiger partial charge in [0.25, 0.3) is 5.91 Å². The number of nitrogen functional groups attached to an aromatic ring is 1. The second-order valence-corrected chi connectivity index (χ2v) is 4.78. The molecule has 1 aliphatic rings. The highest BCUT2D eigenvalue weighted by Crippen LogP contribution is 2.23. The second kappa shape index (κ2) is 5.17. The lowest BCUT2D eigenvalue weighted by atomic mass is 10.1. The van der Waals surface area contributed by atoms with Gasteiger partial charge >= 0.3 is 0 Å². The molecule has 0 aliphatic heterocycles. The number of pyridine rings is 1. The molecule has 0 aromatic carbocycles. The van der Waals surface area contributed by atoms with Crippen LogP contribution in [0.25, 0.3) is 0 Å². The van der Waals surface area contributed by atoms with Crippen LogP contribution >= 0.6 is 0 Å². The number of nitrogens with one attached hydrogen (secondary N) is 1. The summed E-state index contributed by atoms with van der Waals surface area (Å²) < 4.78 is 0. The van der Waals surface area contributed by atoms with E-state index in [-0.39, 0.29) is 5.91 Å². The van der Waals surface area contributed by atoms with Crippen LogP contribution in [-0.4, -0.2) is 17.4 Å². The van der Waals surface area contributed by atoms with E-state index in [0.29, 0.717) is 17.3 Å². The molecule has 4 heteroatoms. The summed E-state index contributed by atoms with van der Waals surface area (Å²) in [5, 5.41) is 2.97. The topological polar surface area (TPSA) is 68.0 Å². The molecular weight excluding hydrogens is 214 g/mol. The number of hydrogen-bond acceptors (Lipinski definition) is 3. The molecule has 0 unspecified atom stereocenters. The molecule has 1 fully saturated rings. The van der Waals surface area contributed by atoms with Crippen LogP contribution < -0.4 is 11.1 Å². The van der Waals surface area contributed by atoms with Crippen LogP contribution in [0.1, 0.15) is 41.7 Å². The smallest absolute Gasteiger partial charge is 0.251 e. The van der Waals surface area contributed by atoms with Gasteiger partial charge in [-0.1, -0.05) is 12.8 Å². The van der Waals surface area contributed by atoms with E-state index >= 15 is 0 Å². The van der Waals surface area contributed by atoms with Crippen molar-refractivity contribution in [2.75, 3.05) is 12.3 Å². The molecule has 1 saturated carbocycles. The van der Waals surface area contributed by atoms with E-state index in [0.717, 1.165) is 12.2 Å². The number of nitrogens with two attached hydrogens (primary N) is 1. The normalized spacial score (nSPS) is 16.1. The lowest BCUT2D eigenvalue weighted by Crippen LogP contribution is -2.28. The van der Waals surface area contributed by atoms with Gasteiger partial charge in [-0.2, -0.15) is 0 Å². The third-order valence-corrected chi connectivity index (χ3v) is 3.26. The molecule has 1 aliphatic carbocycles. The first-order chi connectivity index (χ1) is 8.15. The maximum atomic E-state index is 11.9. The van der Waals surface area contributed by atoms with Crippen molar-refractivity contribution in [2.45, 2.75) is 32.6 Å². The Morgan fingerprint density at radius 1 is 1.47 bits per heavy atom. The summed E-state index contributed by atoms with van der Waals surface area (Å²) in [5.74, 6) is 1.00. The Kier molecular flexibility index (Phi) is 3.61. The van der Waals surface area contributed by atoms with Crippen LogP contribution in [0.4, 0.5) is 5.82 Å². The van der Waals surface area contributed by atoms with Crippen LogP contribution in [0.3, 0.4) is 0 Å². The summed E-state index contributed by atoms with van der Waals surface area (Å²) in [5.41, 5.74) is 7.00. The summed E-state index contributed by atoms with van der Waals surface area (Å²) in [6, 6.07) is 3.39. The zero-order chi connectivity index (χ0) is 12.3. The van der Waals surface area contributed by atoms with E-state index in [9.17, 15) is 4.79 Å². The number of amides is 1. The number of carbonyl (C=O) groups excluding carboxylic acids is 1. The van der Waals surface area contributed by atoms with E-state index in [1.807, 2.05) is 6.92 Å². The van der Waals surface area contributed by atoms with E-state index in [2.05, 4.69) is 10.3 Å². The van der Waals surface area contributed by atoms with Crippen molar-refractivity contribution >= 4 is 11.7 Å². The van der Waals surface area contributed by atoms with Gasteiger partial charge in [-0.25, -0.2) is 4.98 Å². The zero-order valence-electron chi connectivity index (χ0n) is 10.2. The van der Waals surface area contributed by atoms with E-state index in [1.165, 1.54) is 25.7 Å². The predicted octanol–water partition coefficient (Wildman–Crippen LogP) is 1.89. The van der Waals surface area contributed by atoms with Gasteiger partial charge in [-0.05, 0) is 37.8 Å². The molecule has 1 amide bonds. The Bertz CT molecular complexity index is 391. The van der Waals surface area contributed by atoms with Gasteiger partial charge in [-0.3, -0.25) is 4.79 Å². The molecule has 1 aromatic rings. The van der Waals surface area contributed by atoms with Crippen LogP contribution in [0, 0.1) is 12.8 Å². The summed E-state index contributed by atoms with van der Waals surface area (Å²) in [4.78, 5) is 16.0. The van der Waals surface area contributed by atoms with Gasteiger partial charge in [0.15, 0.2) is 0 Å². The molecule has 0 bridgehead atoms. The van der Waals surface area contributed by atoms with Crippen molar-refractivity contribution in [2.24, 2.45) is 5.92 Å². The zero-order valence-corrected chi connectivity index (χ0v) is 10.2. The van der Waals surface area contributed by atoms with Gasteiger partial charge in [0.1, 0.15) is 5.82 Å². The second-order valence-electron chi connectivity index (χ2n) is 4.78. The highest BCUT2D eigenvalue weighted by molar-refractivity contribution is 5.94. The summed E-state index contributed by atoms with van der Waals surface area (Å²) in [7, 11) is 0. The lowest BCUT2D eigenvalue weighted by molar-refractivity contribution is 0.0947. The van der Waals surface area contributed by atoms with Crippen molar-refractivity contribution < 1.29 is 4.79 Å². The quantitative estimate of drug-likeness (QED) is 0.837. The minimum absolute atomic E-state index is 0.0471. The number of aryl methyl sites for hydroxylation is 1. The number of carbonyl (C=O) groups is 1. The molecule has 3 N–H and O–H groups in total. The highest BCUT2D eigenvalue weighted by Gasteiger charge is 2.16. The first kappa shape index (κ1) is 11.9. The Morgan fingerprint density at radius 2 is 2.18 bits per heavy atom. The Balaban J connectivity index is 1.94. The van der Waals surface area contributed by atoms with Crippen molar-refractivity contribution in [3.8, 4) is 0 Å². The average Bonchev–Trinajstić information content (AvgIpc) is 2.77. The van der Waals surface area contributed by atoms with Crippen molar-refractivity contribution in [3.05, 3.63) is 23.4 Å². The van der Waals surface area contributed by atoms with Crippen LogP contribution in [0.15, 0.2) is 12.1 Å². The van der Waals surface area contributed by atoms with Crippen molar-refractivity contribution in [1.29, 1.82) is 0 Å². The predicted molar refractivity (Wildman–Crippen MR) is 67.7 cm³/mol. The number of nitrogens with zero attached hydrogens (tertiary/aromatic N) is 1. The fraction of sp³-hybridized carbons (Fsp3) is 0.538. The van der Waals surface area contributed by atoms with Gasteiger partial charge in [0.05, 0.1) is 0 Å². The molecule has 0 radical (unpaired) electrons. The molecule has 1 aromatic heterocycles. The minimum Gasteiger partial charge on any atom is -0.384 e. The van der Waals surface area contributed by atoms with Gasteiger partial charge < -0.3 is 11.1 Å². The number of aromatic nitrogens is 1. The van der Waals surface area contributed by atoms with Crippen molar-refractivity contribution in [3.63, 3.8) is 0 Å². The van der Waals surface area contributed by atoms with Gasteiger partial charge in [0.2, 0.25) is 0 Å². The van der Waals surface area contributed by atoms with Gasteiger partial charge in [-0.15, -0.1) is 0 Å². The lowest BCUT2D eigenvalue weighted by Gasteiger charge is -2.11. The molecule has 1 heterocycles. The highest BCUT2D eigenvalue weighted by atomic mass is 16.1. The third-order valence-electron chi connectivity index (χ3n) is 3.26. The Morgan fingerprint density at radius 3 is 2.82 bits per heavy atom. The first-order valence-corrected chi connectivity index (χ1v) is 6.17. The maximum absolute atomic E-state index is 11.9. The van der Waals surface area contributed by atoms with Crippen LogP contribution in [0.2, 0.25) is 0 Å². The maximum Gasteiger partial charge on any atom is 0.251 e. The molecule has 0 atom stereocenters. The fourth-order valence-electron chi connectivity index (χ4n) is 2.38. The summed E-state index contributed by atoms with van der Waals surface area (Å²) in [6.07, 6.45) is 5.05.